The van der Waals surface area contributed by atoms with Crippen molar-refractivity contribution >= 4 is 35.8 Å². The van der Waals surface area contributed by atoms with Crippen LogP contribution in [0.3, 0.4) is 0 Å². The molecule has 0 radical (unpaired) electrons. The molecule has 0 aliphatic carbocycles. The highest BCUT2D eigenvalue weighted by molar-refractivity contribution is 7.89. The van der Waals surface area contributed by atoms with Crippen LogP contribution >= 0.6 is 0 Å². The molecule has 278 valence electrons. The molecule has 4 aromatic carbocycles. The Bertz CT molecular complexity index is 2180. The first-order chi connectivity index (χ1) is 24.6. The molecule has 16 heteroatoms. The van der Waals surface area contributed by atoms with Gasteiger partial charge in [0.25, 0.3) is 5.69 Å². The van der Waals surface area contributed by atoms with Crippen LogP contribution < -0.4 is 0 Å². The second-order valence-electron chi connectivity index (χ2n) is 12.7. The molecule has 1 fully saturated rings. The van der Waals surface area contributed by atoms with Crippen molar-refractivity contribution in [2.75, 3.05) is 45.9 Å². The fourth-order valence-corrected chi connectivity index (χ4v) is 10.3. The van der Waals surface area contributed by atoms with Gasteiger partial charge in [-0.05, 0) is 69.2 Å². The molecule has 1 saturated heterocycles. The van der Waals surface area contributed by atoms with E-state index in [9.17, 15) is 35.4 Å². The van der Waals surface area contributed by atoms with Gasteiger partial charge in [-0.15, -0.1) is 0 Å². The minimum absolute atomic E-state index is 0.00204. The standard InChI is InChI=1S/C36H42N4O9S3/c1-28-4-14-34(15-5-28)50(43,44)37-20-21-38(51(45,46)35-16-6-29(2)7-17-35)24-25-49-27-33(26-31-10-12-32(13-11-31)40(41)42)39(23-22-37)52(47,48)36-18-8-30(3)9-19-36/h4-19,33H,20-27H2,1-3H3. The molecule has 1 unspecified atom stereocenters. The van der Waals surface area contributed by atoms with E-state index in [1.54, 1.807) is 36.4 Å². The summed E-state index contributed by atoms with van der Waals surface area (Å²) in [5.74, 6) is 0. The minimum Gasteiger partial charge on any atom is -0.378 e. The quantitative estimate of drug-likeness (QED) is 0.176. The number of benzene rings is 4. The molecular formula is C36H42N4O9S3. The van der Waals surface area contributed by atoms with Crippen LogP contribution in [0.15, 0.2) is 112 Å². The first kappa shape index (κ1) is 39.2. The normalized spacial score (nSPS) is 17.9. The molecule has 1 aliphatic rings. The maximum atomic E-state index is 14.4. The number of non-ortho nitro benzene ring substituents is 1. The lowest BCUT2D eigenvalue weighted by atomic mass is 10.1. The smallest absolute Gasteiger partial charge is 0.269 e. The van der Waals surface area contributed by atoms with Gasteiger partial charge in [-0.1, -0.05) is 65.2 Å². The van der Waals surface area contributed by atoms with Crippen molar-refractivity contribution < 1.29 is 34.9 Å². The Balaban J connectivity index is 1.58. The summed E-state index contributed by atoms with van der Waals surface area (Å²) in [7, 11) is -12.6. The molecule has 1 atom stereocenters. The van der Waals surface area contributed by atoms with Crippen LogP contribution in [0, 0.1) is 30.9 Å². The molecule has 5 rings (SSSR count). The zero-order chi connectivity index (χ0) is 37.7. The van der Waals surface area contributed by atoms with Crippen molar-refractivity contribution in [1.29, 1.82) is 0 Å². The Hall–Kier alpha value is -4.03. The molecule has 13 nitrogen and oxygen atoms in total. The van der Waals surface area contributed by atoms with Gasteiger partial charge in [-0.2, -0.15) is 12.9 Å². The highest BCUT2D eigenvalue weighted by Gasteiger charge is 2.36. The van der Waals surface area contributed by atoms with Crippen molar-refractivity contribution in [3.05, 3.63) is 129 Å². The maximum Gasteiger partial charge on any atom is 0.269 e. The summed E-state index contributed by atoms with van der Waals surface area (Å²) in [6, 6.07) is 23.7. The Kier molecular flexibility index (Phi) is 12.3. The number of sulfonamides is 3. The van der Waals surface area contributed by atoms with Gasteiger partial charge in [0.15, 0.2) is 0 Å². The van der Waals surface area contributed by atoms with Crippen LogP contribution in [0.25, 0.3) is 0 Å². The Morgan fingerprint density at radius 3 is 1.44 bits per heavy atom. The average molecular weight is 771 g/mol. The lowest BCUT2D eigenvalue weighted by molar-refractivity contribution is -0.384. The molecule has 0 bridgehead atoms. The molecule has 0 N–H and O–H groups in total. The van der Waals surface area contributed by atoms with Crippen LogP contribution in [0.2, 0.25) is 0 Å². The molecule has 0 amide bonds. The molecule has 0 spiro atoms. The second kappa shape index (κ2) is 16.3. The Labute approximate surface area is 305 Å². The fourth-order valence-electron chi connectivity index (χ4n) is 5.86. The third-order valence-electron chi connectivity index (χ3n) is 8.93. The van der Waals surface area contributed by atoms with E-state index < -0.39 is 41.0 Å². The minimum atomic E-state index is -4.25. The van der Waals surface area contributed by atoms with Crippen molar-refractivity contribution in [2.24, 2.45) is 0 Å². The molecule has 1 heterocycles. The summed E-state index contributed by atoms with van der Waals surface area (Å²) in [4.78, 5) is 10.8. The van der Waals surface area contributed by atoms with Crippen LogP contribution in [-0.2, 0) is 41.2 Å². The van der Waals surface area contributed by atoms with Gasteiger partial charge in [0, 0.05) is 44.9 Å². The fraction of sp³-hybridized carbons (Fsp3) is 0.333. The number of nitro benzene ring substituents is 1. The van der Waals surface area contributed by atoms with Crippen LogP contribution in [0.4, 0.5) is 5.69 Å². The second-order valence-corrected chi connectivity index (χ2v) is 18.5. The first-order valence-corrected chi connectivity index (χ1v) is 20.9. The molecule has 0 aromatic heterocycles. The molecule has 0 saturated carbocycles. The van der Waals surface area contributed by atoms with Crippen LogP contribution in [0.5, 0.6) is 0 Å². The summed E-state index contributed by atoms with van der Waals surface area (Å²) in [6.45, 7) is 3.96. The summed E-state index contributed by atoms with van der Waals surface area (Å²) >= 11 is 0. The number of hydrogen-bond acceptors (Lipinski definition) is 9. The van der Waals surface area contributed by atoms with E-state index >= 15 is 0 Å². The third-order valence-corrected chi connectivity index (χ3v) is 14.7. The van der Waals surface area contributed by atoms with Gasteiger partial charge in [0.1, 0.15) is 0 Å². The van der Waals surface area contributed by atoms with Crippen molar-refractivity contribution in [3.8, 4) is 0 Å². The van der Waals surface area contributed by atoms with Crippen molar-refractivity contribution in [1.82, 2.24) is 12.9 Å². The van der Waals surface area contributed by atoms with E-state index in [0.717, 1.165) is 21.0 Å². The first-order valence-electron chi connectivity index (χ1n) is 16.6. The SMILES string of the molecule is Cc1ccc(S(=O)(=O)N2CCOCC(Cc3ccc([N+](=O)[O-])cc3)N(S(=O)(=O)c3ccc(C)cc3)CCN(S(=O)(=O)c3ccc(C)cc3)CC2)cc1. The molecule has 4 aromatic rings. The van der Waals surface area contributed by atoms with Gasteiger partial charge in [0.05, 0.1) is 38.9 Å². The summed E-state index contributed by atoms with van der Waals surface area (Å²) < 4.78 is 94.6. The average Bonchev–Trinajstić information content (AvgIpc) is 3.10. The lowest BCUT2D eigenvalue weighted by Gasteiger charge is -2.34. The Morgan fingerprint density at radius 2 is 1.00 bits per heavy atom. The number of nitrogens with zero attached hydrogens (tertiary/aromatic N) is 4. The van der Waals surface area contributed by atoms with E-state index in [0.29, 0.717) is 5.56 Å². The van der Waals surface area contributed by atoms with Gasteiger partial charge in [-0.3, -0.25) is 10.1 Å². The summed E-state index contributed by atoms with van der Waals surface area (Å²) in [5.41, 5.74) is 3.01. The van der Waals surface area contributed by atoms with Gasteiger partial charge >= 0.3 is 0 Å². The van der Waals surface area contributed by atoms with E-state index in [-0.39, 0.29) is 72.7 Å². The number of aryl methyl sites for hydroxylation is 3. The van der Waals surface area contributed by atoms with Crippen molar-refractivity contribution in [3.63, 3.8) is 0 Å². The molecule has 52 heavy (non-hydrogen) atoms. The highest BCUT2D eigenvalue weighted by Crippen LogP contribution is 2.25. The topological polar surface area (TPSA) is 165 Å². The van der Waals surface area contributed by atoms with Crippen LogP contribution in [-0.4, -0.2) is 95.1 Å². The van der Waals surface area contributed by atoms with Gasteiger partial charge in [-0.25, -0.2) is 25.3 Å². The van der Waals surface area contributed by atoms with Crippen molar-refractivity contribution in [2.45, 2.75) is 47.9 Å². The predicted octanol–water partition coefficient (Wildman–Crippen LogP) is 4.53. The zero-order valence-corrected chi connectivity index (χ0v) is 31.6. The van der Waals surface area contributed by atoms with Crippen LogP contribution in [0.1, 0.15) is 22.3 Å². The van der Waals surface area contributed by atoms with E-state index in [1.807, 2.05) is 20.8 Å². The molecular weight excluding hydrogens is 729 g/mol. The number of hydrogen-bond donors (Lipinski definition) is 0. The van der Waals surface area contributed by atoms with Gasteiger partial charge in [0.2, 0.25) is 30.1 Å². The molecule has 1 aliphatic heterocycles. The summed E-state index contributed by atoms with van der Waals surface area (Å²) in [6.07, 6.45) is 0.0686. The Morgan fingerprint density at radius 1 is 0.596 bits per heavy atom. The highest BCUT2D eigenvalue weighted by atomic mass is 32.2. The number of nitro groups is 1. The number of ether oxygens (including phenoxy) is 1. The number of rotatable bonds is 9. The lowest BCUT2D eigenvalue weighted by Crippen LogP contribution is -2.50. The summed E-state index contributed by atoms with van der Waals surface area (Å²) in [5, 5.41) is 11.3. The van der Waals surface area contributed by atoms with E-state index in [2.05, 4.69) is 0 Å². The third kappa shape index (κ3) is 9.12. The maximum absolute atomic E-state index is 14.4. The van der Waals surface area contributed by atoms with E-state index in [4.69, 9.17) is 4.74 Å². The van der Waals surface area contributed by atoms with Gasteiger partial charge < -0.3 is 4.74 Å². The largest absolute Gasteiger partial charge is 0.378 e. The monoisotopic (exact) mass is 770 g/mol. The predicted molar refractivity (Wildman–Crippen MR) is 196 cm³/mol. The van der Waals surface area contributed by atoms with E-state index in [1.165, 1.54) is 69.3 Å². The zero-order valence-electron chi connectivity index (χ0n) is 29.2.